The fourth-order valence-electron chi connectivity index (χ4n) is 2.15. The van der Waals surface area contributed by atoms with Crippen LogP contribution in [0.15, 0.2) is 23.1 Å². The van der Waals surface area contributed by atoms with Crippen LogP contribution in [-0.4, -0.2) is 32.3 Å². The molecule has 0 unspecified atom stereocenters. The summed E-state index contributed by atoms with van der Waals surface area (Å²) in [6, 6.07) is 4.43. The second-order valence-electron chi connectivity index (χ2n) is 5.31. The number of benzene rings is 1. The van der Waals surface area contributed by atoms with Crippen LogP contribution in [0.2, 0.25) is 0 Å². The Bertz CT molecular complexity index is 621. The molecule has 6 heteroatoms. The van der Waals surface area contributed by atoms with Crippen LogP contribution in [0.1, 0.15) is 35.7 Å². The lowest BCUT2D eigenvalue weighted by Gasteiger charge is -2.22. The first-order valence-electron chi connectivity index (χ1n) is 6.75. The minimum atomic E-state index is -3.79. The number of hydrogen-bond donors (Lipinski definition) is 1. The molecule has 1 fully saturated rings. The molecule has 1 aliphatic carbocycles. The standard InChI is InChI=1S/C14H20N2O3S/c1-3-16(9-11-5-6-11)14(17)13-8-12(20(15,18)19)7-4-10(13)2/h4,7-8,11H,3,5-6,9H2,1-2H3,(H2,15,18,19). The first kappa shape index (κ1) is 15.0. The molecule has 20 heavy (non-hydrogen) atoms. The van der Waals surface area contributed by atoms with Gasteiger partial charge in [-0.25, -0.2) is 13.6 Å². The number of carbonyl (C=O) groups excluding carboxylic acids is 1. The summed E-state index contributed by atoms with van der Waals surface area (Å²) in [6.45, 7) is 5.09. The molecule has 1 aromatic carbocycles. The highest BCUT2D eigenvalue weighted by molar-refractivity contribution is 7.89. The molecule has 0 saturated heterocycles. The maximum absolute atomic E-state index is 12.5. The van der Waals surface area contributed by atoms with Crippen molar-refractivity contribution in [1.29, 1.82) is 0 Å². The van der Waals surface area contributed by atoms with E-state index in [1.165, 1.54) is 25.0 Å². The van der Waals surface area contributed by atoms with Crippen molar-refractivity contribution < 1.29 is 13.2 Å². The lowest BCUT2D eigenvalue weighted by Crippen LogP contribution is -2.33. The Hall–Kier alpha value is -1.40. The zero-order valence-electron chi connectivity index (χ0n) is 11.8. The van der Waals surface area contributed by atoms with Gasteiger partial charge in [0.25, 0.3) is 5.91 Å². The summed E-state index contributed by atoms with van der Waals surface area (Å²) in [4.78, 5) is 14.3. The SMILES string of the molecule is CCN(CC1CC1)C(=O)c1cc(S(N)(=O)=O)ccc1C. The topological polar surface area (TPSA) is 80.5 Å². The van der Waals surface area contributed by atoms with Crippen molar-refractivity contribution in [3.05, 3.63) is 29.3 Å². The highest BCUT2D eigenvalue weighted by Crippen LogP contribution is 2.30. The minimum Gasteiger partial charge on any atom is -0.339 e. The summed E-state index contributed by atoms with van der Waals surface area (Å²) < 4.78 is 22.8. The third-order valence-corrected chi connectivity index (χ3v) is 4.52. The lowest BCUT2D eigenvalue weighted by molar-refractivity contribution is 0.0756. The molecule has 5 nitrogen and oxygen atoms in total. The summed E-state index contributed by atoms with van der Waals surface area (Å²) in [5.74, 6) is 0.475. The number of sulfonamides is 1. The maximum atomic E-state index is 12.5. The van der Waals surface area contributed by atoms with Crippen molar-refractivity contribution in [3.63, 3.8) is 0 Å². The molecule has 0 bridgehead atoms. The predicted octanol–water partition coefficient (Wildman–Crippen LogP) is 1.51. The van der Waals surface area contributed by atoms with Gasteiger partial charge in [0.05, 0.1) is 4.90 Å². The fourth-order valence-corrected chi connectivity index (χ4v) is 2.69. The Morgan fingerprint density at radius 2 is 2.05 bits per heavy atom. The van der Waals surface area contributed by atoms with Gasteiger partial charge < -0.3 is 4.90 Å². The molecular weight excluding hydrogens is 276 g/mol. The van der Waals surface area contributed by atoms with Gasteiger partial charge in [0.1, 0.15) is 0 Å². The molecule has 110 valence electrons. The molecule has 0 atom stereocenters. The highest BCUT2D eigenvalue weighted by Gasteiger charge is 2.27. The molecule has 1 saturated carbocycles. The second-order valence-corrected chi connectivity index (χ2v) is 6.87. The molecular formula is C14H20N2O3S. The summed E-state index contributed by atoms with van der Waals surface area (Å²) in [5.41, 5.74) is 1.18. The van der Waals surface area contributed by atoms with Crippen LogP contribution in [0.5, 0.6) is 0 Å². The van der Waals surface area contributed by atoms with E-state index in [0.717, 1.165) is 12.1 Å². The number of primary sulfonamides is 1. The third-order valence-electron chi connectivity index (χ3n) is 3.61. The zero-order valence-corrected chi connectivity index (χ0v) is 12.6. The van der Waals surface area contributed by atoms with E-state index in [0.29, 0.717) is 18.0 Å². The van der Waals surface area contributed by atoms with Crippen LogP contribution >= 0.6 is 0 Å². The van der Waals surface area contributed by atoms with Crippen molar-refractivity contribution in [2.75, 3.05) is 13.1 Å². The maximum Gasteiger partial charge on any atom is 0.254 e. The van der Waals surface area contributed by atoms with E-state index >= 15 is 0 Å². The molecule has 2 rings (SSSR count). The van der Waals surface area contributed by atoms with Gasteiger partial charge >= 0.3 is 0 Å². The predicted molar refractivity (Wildman–Crippen MR) is 76.9 cm³/mol. The summed E-state index contributed by atoms with van der Waals surface area (Å²) in [5, 5.41) is 5.12. The van der Waals surface area contributed by atoms with Crippen molar-refractivity contribution in [2.24, 2.45) is 11.1 Å². The fraction of sp³-hybridized carbons (Fsp3) is 0.500. The lowest BCUT2D eigenvalue weighted by atomic mass is 10.1. The number of carbonyl (C=O) groups is 1. The van der Waals surface area contributed by atoms with Crippen molar-refractivity contribution in [2.45, 2.75) is 31.6 Å². The summed E-state index contributed by atoms with van der Waals surface area (Å²) in [6.07, 6.45) is 2.33. The van der Waals surface area contributed by atoms with Gasteiger partial charge in [0, 0.05) is 18.7 Å². The largest absolute Gasteiger partial charge is 0.339 e. The quantitative estimate of drug-likeness (QED) is 0.894. The van der Waals surface area contributed by atoms with E-state index in [2.05, 4.69) is 0 Å². The highest BCUT2D eigenvalue weighted by atomic mass is 32.2. The zero-order chi connectivity index (χ0) is 14.9. The van der Waals surface area contributed by atoms with E-state index in [1.54, 1.807) is 17.9 Å². The van der Waals surface area contributed by atoms with Crippen LogP contribution in [0.3, 0.4) is 0 Å². The Morgan fingerprint density at radius 1 is 1.40 bits per heavy atom. The van der Waals surface area contributed by atoms with Gasteiger partial charge in [-0.2, -0.15) is 0 Å². The van der Waals surface area contributed by atoms with Crippen molar-refractivity contribution in [3.8, 4) is 0 Å². The summed E-state index contributed by atoms with van der Waals surface area (Å²) in [7, 11) is -3.79. The molecule has 1 aromatic rings. The van der Waals surface area contributed by atoms with Crippen LogP contribution < -0.4 is 5.14 Å². The molecule has 0 heterocycles. The first-order valence-corrected chi connectivity index (χ1v) is 8.30. The van der Waals surface area contributed by atoms with Crippen LogP contribution in [-0.2, 0) is 10.0 Å². The molecule has 1 aliphatic rings. The summed E-state index contributed by atoms with van der Waals surface area (Å²) >= 11 is 0. The van der Waals surface area contributed by atoms with Gasteiger partial charge in [-0.05, 0) is 50.3 Å². The smallest absolute Gasteiger partial charge is 0.254 e. The van der Waals surface area contributed by atoms with Crippen molar-refractivity contribution in [1.82, 2.24) is 4.90 Å². The van der Waals surface area contributed by atoms with Crippen LogP contribution in [0.4, 0.5) is 0 Å². The van der Waals surface area contributed by atoms with E-state index < -0.39 is 10.0 Å². The van der Waals surface area contributed by atoms with E-state index in [4.69, 9.17) is 5.14 Å². The number of amides is 1. The average molecular weight is 296 g/mol. The molecule has 0 spiro atoms. The van der Waals surface area contributed by atoms with Gasteiger partial charge in [0.15, 0.2) is 0 Å². The molecule has 2 N–H and O–H groups in total. The Morgan fingerprint density at radius 3 is 2.55 bits per heavy atom. The first-order chi connectivity index (χ1) is 9.32. The monoisotopic (exact) mass is 296 g/mol. The minimum absolute atomic E-state index is 0.0195. The van der Waals surface area contributed by atoms with Gasteiger partial charge in [0.2, 0.25) is 10.0 Å². The number of aryl methyl sites for hydroxylation is 1. The number of nitrogens with two attached hydrogens (primary N) is 1. The number of nitrogens with zero attached hydrogens (tertiary/aromatic N) is 1. The Kier molecular flexibility index (Phi) is 4.15. The molecule has 0 aliphatic heterocycles. The van der Waals surface area contributed by atoms with Gasteiger partial charge in [-0.3, -0.25) is 4.79 Å². The average Bonchev–Trinajstić information content (AvgIpc) is 3.18. The second kappa shape index (κ2) is 5.54. The Labute approximate surface area is 119 Å². The Balaban J connectivity index is 2.32. The number of hydrogen-bond acceptors (Lipinski definition) is 3. The molecule has 0 aromatic heterocycles. The van der Waals surface area contributed by atoms with E-state index in [9.17, 15) is 13.2 Å². The third kappa shape index (κ3) is 3.37. The molecule has 0 radical (unpaired) electrons. The van der Waals surface area contributed by atoms with Crippen molar-refractivity contribution >= 4 is 15.9 Å². The van der Waals surface area contributed by atoms with Crippen LogP contribution in [0.25, 0.3) is 0 Å². The van der Waals surface area contributed by atoms with E-state index in [1.807, 2.05) is 6.92 Å². The molecule has 1 amide bonds. The van der Waals surface area contributed by atoms with E-state index in [-0.39, 0.29) is 10.8 Å². The van der Waals surface area contributed by atoms with Crippen LogP contribution in [0, 0.1) is 12.8 Å². The number of rotatable bonds is 5. The van der Waals surface area contributed by atoms with Gasteiger partial charge in [-0.1, -0.05) is 6.07 Å². The van der Waals surface area contributed by atoms with Gasteiger partial charge in [-0.15, -0.1) is 0 Å². The normalized spacial score (nSPS) is 15.2.